The summed E-state index contributed by atoms with van der Waals surface area (Å²) < 4.78 is 5.97. The molecule has 0 radical (unpaired) electrons. The second-order valence-electron chi connectivity index (χ2n) is 6.56. The lowest BCUT2D eigenvalue weighted by Crippen LogP contribution is -2.13. The molecule has 0 spiro atoms. The third-order valence-corrected chi connectivity index (χ3v) is 3.85. The van der Waals surface area contributed by atoms with Crippen molar-refractivity contribution < 1.29 is 4.74 Å². The molecule has 3 heteroatoms. The van der Waals surface area contributed by atoms with E-state index in [0.717, 1.165) is 24.4 Å². The Morgan fingerprint density at radius 3 is 2.71 bits per heavy atom. The fraction of sp³-hybridized carbons (Fsp3) is 0.389. The summed E-state index contributed by atoms with van der Waals surface area (Å²) >= 11 is 0. The molecule has 21 heavy (non-hydrogen) atoms. The fourth-order valence-corrected chi connectivity index (χ4v) is 2.56. The zero-order chi connectivity index (χ0) is 14.9. The van der Waals surface area contributed by atoms with Crippen LogP contribution in [0.5, 0.6) is 11.6 Å². The highest BCUT2D eigenvalue weighted by molar-refractivity contribution is 5.64. The van der Waals surface area contributed by atoms with E-state index in [4.69, 9.17) is 4.74 Å². The molecule has 0 atom stereocenters. The van der Waals surface area contributed by atoms with Crippen molar-refractivity contribution in [3.05, 3.63) is 47.7 Å². The third-order valence-electron chi connectivity index (χ3n) is 3.85. The van der Waals surface area contributed by atoms with Crippen LogP contribution in [0.2, 0.25) is 0 Å². The first kappa shape index (κ1) is 13.9. The van der Waals surface area contributed by atoms with Crippen molar-refractivity contribution in [3.63, 3.8) is 0 Å². The molecule has 3 rings (SSSR count). The van der Waals surface area contributed by atoms with E-state index in [1.165, 1.54) is 17.5 Å². The van der Waals surface area contributed by atoms with Gasteiger partial charge in [0.05, 0.1) is 5.69 Å². The smallest absolute Gasteiger partial charge is 0.219 e. The van der Waals surface area contributed by atoms with Crippen LogP contribution < -0.4 is 10.1 Å². The molecule has 1 aromatic heterocycles. The Morgan fingerprint density at radius 1 is 1.14 bits per heavy atom. The summed E-state index contributed by atoms with van der Waals surface area (Å²) in [5, 5.41) is 3.43. The van der Waals surface area contributed by atoms with E-state index in [1.54, 1.807) is 0 Å². The number of nitrogens with one attached hydrogen (secondary N) is 1. The lowest BCUT2D eigenvalue weighted by molar-refractivity contribution is 0.461. The quantitative estimate of drug-likeness (QED) is 0.878. The van der Waals surface area contributed by atoms with E-state index in [2.05, 4.69) is 43.2 Å². The van der Waals surface area contributed by atoms with Gasteiger partial charge in [-0.1, -0.05) is 39.0 Å². The van der Waals surface area contributed by atoms with Crippen molar-refractivity contribution in [1.82, 2.24) is 4.98 Å². The summed E-state index contributed by atoms with van der Waals surface area (Å²) in [7, 11) is 0. The van der Waals surface area contributed by atoms with Gasteiger partial charge in [0.25, 0.3) is 0 Å². The molecule has 1 N–H and O–H groups in total. The van der Waals surface area contributed by atoms with Crippen molar-refractivity contribution in [1.29, 1.82) is 0 Å². The second-order valence-corrected chi connectivity index (χ2v) is 6.56. The molecule has 1 aliphatic rings. The molecule has 0 fully saturated rings. The highest BCUT2D eigenvalue weighted by atomic mass is 16.5. The number of para-hydroxylation sites is 1. The number of hydrogen-bond acceptors (Lipinski definition) is 3. The first-order chi connectivity index (χ1) is 10.0. The predicted molar refractivity (Wildman–Crippen MR) is 86.3 cm³/mol. The van der Waals surface area contributed by atoms with Gasteiger partial charge >= 0.3 is 0 Å². The Bertz CT molecular complexity index is 627. The van der Waals surface area contributed by atoms with Gasteiger partial charge in [-0.15, -0.1) is 0 Å². The number of hydrogen-bond donors (Lipinski definition) is 1. The number of ether oxygens (including phenoxy) is 1. The molecule has 1 aromatic carbocycles. The largest absolute Gasteiger partial charge is 0.437 e. The molecule has 0 aliphatic carbocycles. The summed E-state index contributed by atoms with van der Waals surface area (Å²) in [6.07, 6.45) is 4.18. The first-order valence-electron chi connectivity index (χ1n) is 7.54. The lowest BCUT2D eigenvalue weighted by atomic mass is 9.88. The molecule has 2 aromatic rings. The summed E-state index contributed by atoms with van der Waals surface area (Å²) in [6.45, 7) is 7.55. The van der Waals surface area contributed by atoms with Crippen LogP contribution in [-0.4, -0.2) is 11.5 Å². The minimum atomic E-state index is 0.110. The Balaban J connectivity index is 1.84. The topological polar surface area (TPSA) is 34.1 Å². The molecule has 110 valence electrons. The number of fused-ring (bicyclic) bond motifs is 1. The van der Waals surface area contributed by atoms with Crippen LogP contribution in [0.3, 0.4) is 0 Å². The van der Waals surface area contributed by atoms with Crippen LogP contribution in [0.1, 0.15) is 38.3 Å². The van der Waals surface area contributed by atoms with Crippen molar-refractivity contribution in [2.45, 2.75) is 39.0 Å². The maximum Gasteiger partial charge on any atom is 0.219 e. The van der Waals surface area contributed by atoms with Gasteiger partial charge in [0.1, 0.15) is 0 Å². The minimum Gasteiger partial charge on any atom is -0.437 e. The summed E-state index contributed by atoms with van der Waals surface area (Å²) in [4.78, 5) is 4.44. The van der Waals surface area contributed by atoms with Crippen LogP contribution in [0.25, 0.3) is 0 Å². The average Bonchev–Trinajstić information content (AvgIpc) is 2.47. The highest BCUT2D eigenvalue weighted by Gasteiger charge is 2.16. The van der Waals surface area contributed by atoms with Crippen molar-refractivity contribution in [2.24, 2.45) is 0 Å². The van der Waals surface area contributed by atoms with Gasteiger partial charge in [-0.2, -0.15) is 0 Å². The molecule has 0 amide bonds. The monoisotopic (exact) mass is 282 g/mol. The SMILES string of the molecule is CC(C)(C)c1ccc(Oc2cccc3c2NCCC3)nc1. The lowest BCUT2D eigenvalue weighted by Gasteiger charge is -2.21. The van der Waals surface area contributed by atoms with E-state index >= 15 is 0 Å². The molecule has 3 nitrogen and oxygen atoms in total. The van der Waals surface area contributed by atoms with Crippen molar-refractivity contribution in [2.75, 3.05) is 11.9 Å². The number of benzene rings is 1. The number of aromatic nitrogens is 1. The van der Waals surface area contributed by atoms with Gasteiger partial charge in [-0.05, 0) is 35.4 Å². The van der Waals surface area contributed by atoms with Crippen LogP contribution >= 0.6 is 0 Å². The third kappa shape index (κ3) is 3.02. The van der Waals surface area contributed by atoms with Crippen molar-refractivity contribution >= 4 is 5.69 Å². The Morgan fingerprint density at radius 2 is 2.00 bits per heavy atom. The first-order valence-corrected chi connectivity index (χ1v) is 7.54. The number of anilines is 1. The number of pyridine rings is 1. The predicted octanol–water partition coefficient (Wildman–Crippen LogP) is 4.53. The summed E-state index contributed by atoms with van der Waals surface area (Å²) in [6, 6.07) is 10.2. The van der Waals surface area contributed by atoms with Crippen molar-refractivity contribution in [3.8, 4) is 11.6 Å². The van der Waals surface area contributed by atoms with E-state index < -0.39 is 0 Å². The Labute approximate surface area is 126 Å². The fourth-order valence-electron chi connectivity index (χ4n) is 2.56. The zero-order valence-electron chi connectivity index (χ0n) is 12.9. The normalized spacial score (nSPS) is 14.2. The van der Waals surface area contributed by atoms with Gasteiger partial charge in [-0.25, -0.2) is 4.98 Å². The van der Waals surface area contributed by atoms with E-state index in [1.807, 2.05) is 24.4 Å². The van der Waals surface area contributed by atoms with E-state index in [9.17, 15) is 0 Å². The molecular formula is C18H22N2O. The van der Waals surface area contributed by atoms with Gasteiger partial charge in [0.2, 0.25) is 5.88 Å². The van der Waals surface area contributed by atoms with Gasteiger partial charge in [0.15, 0.2) is 5.75 Å². The van der Waals surface area contributed by atoms with Crippen LogP contribution in [-0.2, 0) is 11.8 Å². The van der Waals surface area contributed by atoms with Gasteiger partial charge < -0.3 is 10.1 Å². The van der Waals surface area contributed by atoms with E-state index in [-0.39, 0.29) is 5.41 Å². The second kappa shape index (κ2) is 5.40. The van der Waals surface area contributed by atoms with Gasteiger partial charge in [-0.3, -0.25) is 0 Å². The Hall–Kier alpha value is -2.03. The zero-order valence-corrected chi connectivity index (χ0v) is 12.9. The molecule has 0 unspecified atom stereocenters. The van der Waals surface area contributed by atoms with E-state index in [0.29, 0.717) is 5.88 Å². The standard InChI is InChI=1S/C18H22N2O/c1-18(2,3)14-9-10-16(20-12-14)21-15-8-4-6-13-7-5-11-19-17(13)15/h4,6,8-10,12,19H,5,7,11H2,1-3H3. The van der Waals surface area contributed by atoms with Crippen LogP contribution in [0.15, 0.2) is 36.5 Å². The van der Waals surface area contributed by atoms with Crippen LogP contribution in [0, 0.1) is 0 Å². The maximum absolute atomic E-state index is 5.97. The number of aryl methyl sites for hydroxylation is 1. The van der Waals surface area contributed by atoms with Crippen LogP contribution in [0.4, 0.5) is 5.69 Å². The molecular weight excluding hydrogens is 260 g/mol. The molecule has 1 aliphatic heterocycles. The molecule has 0 saturated heterocycles. The number of rotatable bonds is 2. The average molecular weight is 282 g/mol. The number of nitrogens with zero attached hydrogens (tertiary/aromatic N) is 1. The molecule has 0 bridgehead atoms. The maximum atomic E-state index is 5.97. The van der Waals surface area contributed by atoms with Gasteiger partial charge in [0, 0.05) is 18.8 Å². The summed E-state index contributed by atoms with van der Waals surface area (Å²) in [5.74, 6) is 1.51. The Kier molecular flexibility index (Phi) is 3.58. The highest BCUT2D eigenvalue weighted by Crippen LogP contribution is 2.34. The molecule has 0 saturated carbocycles. The minimum absolute atomic E-state index is 0.110. The molecule has 2 heterocycles. The summed E-state index contributed by atoms with van der Waals surface area (Å²) in [5.41, 5.74) is 3.76.